The highest BCUT2D eigenvalue weighted by molar-refractivity contribution is 7.89. The van der Waals surface area contributed by atoms with Crippen LogP contribution >= 0.6 is 0 Å². The number of hydrogen-bond donors (Lipinski definition) is 5. The zero-order valence-corrected chi connectivity index (χ0v) is 20.1. The van der Waals surface area contributed by atoms with Gasteiger partial charge in [-0.2, -0.15) is 0 Å². The summed E-state index contributed by atoms with van der Waals surface area (Å²) >= 11 is 0. The van der Waals surface area contributed by atoms with Gasteiger partial charge in [-0.15, -0.1) is 0 Å². The minimum atomic E-state index is -3.59. The highest BCUT2D eigenvalue weighted by Gasteiger charge is 2.34. The molecule has 9 nitrogen and oxygen atoms in total. The van der Waals surface area contributed by atoms with Crippen LogP contribution in [-0.4, -0.2) is 48.6 Å². The number of hydrogen-bond acceptors (Lipinski definition) is 5. The molecular formula is C24H32N4O5S. The van der Waals surface area contributed by atoms with Crippen LogP contribution in [-0.2, 0) is 14.8 Å². The number of benzene rings is 1. The van der Waals surface area contributed by atoms with Crippen LogP contribution in [0.15, 0.2) is 40.2 Å². The largest absolute Gasteiger partial charge is 0.481 e. The summed E-state index contributed by atoms with van der Waals surface area (Å²) in [5.74, 6) is -0.618. The van der Waals surface area contributed by atoms with Gasteiger partial charge in [0, 0.05) is 28.5 Å². The molecule has 2 aromatic heterocycles. The maximum atomic E-state index is 12.7. The molecule has 2 fully saturated rings. The van der Waals surface area contributed by atoms with Crippen LogP contribution in [0, 0.1) is 5.41 Å². The Morgan fingerprint density at radius 3 is 2.44 bits per heavy atom. The molecule has 1 aliphatic carbocycles. The van der Waals surface area contributed by atoms with Crippen LogP contribution in [0.4, 0.5) is 0 Å². The van der Waals surface area contributed by atoms with Gasteiger partial charge < -0.3 is 20.4 Å². The summed E-state index contributed by atoms with van der Waals surface area (Å²) in [6, 6.07) is 6.52. The Morgan fingerprint density at radius 1 is 1.09 bits per heavy atom. The fraction of sp³-hybridized carbons (Fsp3) is 0.500. The lowest BCUT2D eigenvalue weighted by Gasteiger charge is -2.28. The van der Waals surface area contributed by atoms with Gasteiger partial charge in [-0.25, -0.2) is 13.1 Å². The number of aromatic nitrogens is 2. The average Bonchev–Trinajstić information content (AvgIpc) is 3.31. The number of piperidine rings is 1. The van der Waals surface area contributed by atoms with Gasteiger partial charge in [0.25, 0.3) is 5.56 Å². The molecule has 2 aliphatic rings. The van der Waals surface area contributed by atoms with E-state index in [1.165, 1.54) is 12.5 Å². The molecule has 1 saturated heterocycles. The molecule has 1 aromatic carbocycles. The van der Waals surface area contributed by atoms with Gasteiger partial charge in [0.05, 0.1) is 10.3 Å². The van der Waals surface area contributed by atoms with E-state index >= 15 is 0 Å². The van der Waals surface area contributed by atoms with Gasteiger partial charge in [-0.05, 0) is 70.0 Å². The maximum absolute atomic E-state index is 12.7. The van der Waals surface area contributed by atoms with Crippen molar-refractivity contribution in [3.05, 3.63) is 40.8 Å². The van der Waals surface area contributed by atoms with E-state index in [1.807, 2.05) is 6.92 Å². The Labute approximate surface area is 198 Å². The van der Waals surface area contributed by atoms with E-state index in [-0.39, 0.29) is 16.5 Å². The number of H-pyrrole nitrogens is 2. The average molecular weight is 489 g/mol. The number of aliphatic carboxylic acids is 1. The molecule has 10 heteroatoms. The zero-order valence-electron chi connectivity index (χ0n) is 19.3. The summed E-state index contributed by atoms with van der Waals surface area (Å²) in [6.07, 6.45) is 8.34. The summed E-state index contributed by atoms with van der Waals surface area (Å²) in [4.78, 5) is 28.5. The van der Waals surface area contributed by atoms with Gasteiger partial charge in [-0.3, -0.25) is 9.59 Å². The third-order valence-electron chi connectivity index (χ3n) is 6.95. The molecule has 0 bridgehead atoms. The second-order valence-electron chi connectivity index (χ2n) is 9.50. The number of rotatable bonds is 4. The van der Waals surface area contributed by atoms with E-state index in [1.54, 1.807) is 24.4 Å². The minimum Gasteiger partial charge on any atom is -0.481 e. The normalized spacial score (nSPS) is 19.0. The van der Waals surface area contributed by atoms with Crippen LogP contribution in [0.2, 0.25) is 0 Å². The van der Waals surface area contributed by atoms with Crippen molar-refractivity contribution in [2.45, 2.75) is 62.8 Å². The number of nitrogens with one attached hydrogen (secondary N) is 4. The van der Waals surface area contributed by atoms with Crippen LogP contribution < -0.4 is 15.6 Å². The lowest BCUT2D eigenvalue weighted by atomic mass is 9.76. The standard InChI is InChI=1S/C16H18N4O3S.C8H14O2/c21-16-15-12(5-8-18-15)13-9-11(1-2-14(13)19-16)24(22,23)20-10-3-6-17-7-4-10;1-8(7(9)10)5-3-2-4-6-8/h1-2,5,8-10,17-18,20H,3-4,6-7H2,(H,19,21);2-6H2,1H3,(H,9,10). The number of sulfonamides is 1. The molecule has 0 unspecified atom stereocenters. The van der Waals surface area contributed by atoms with Crippen LogP contribution in [0.1, 0.15) is 51.9 Å². The summed E-state index contributed by atoms with van der Waals surface area (Å²) in [7, 11) is -3.59. The van der Waals surface area contributed by atoms with Crippen LogP contribution in [0.3, 0.4) is 0 Å². The van der Waals surface area contributed by atoms with Gasteiger partial charge in [0.1, 0.15) is 5.52 Å². The maximum Gasteiger partial charge on any atom is 0.309 e. The number of carbonyl (C=O) groups is 1. The first-order chi connectivity index (χ1) is 16.2. The van der Waals surface area contributed by atoms with Gasteiger partial charge in [-0.1, -0.05) is 19.3 Å². The quantitative estimate of drug-likeness (QED) is 0.382. The first-order valence-corrected chi connectivity index (χ1v) is 13.3. The number of carboxylic acids is 1. The van der Waals surface area contributed by atoms with Crippen LogP contribution in [0.5, 0.6) is 0 Å². The summed E-state index contributed by atoms with van der Waals surface area (Å²) in [5.41, 5.74) is 0.445. The smallest absolute Gasteiger partial charge is 0.309 e. The van der Waals surface area contributed by atoms with Crippen molar-refractivity contribution in [3.8, 4) is 0 Å². The summed E-state index contributed by atoms with van der Waals surface area (Å²) in [5, 5.41) is 13.4. The zero-order chi connectivity index (χ0) is 24.3. The Morgan fingerprint density at radius 2 is 1.79 bits per heavy atom. The van der Waals surface area contributed by atoms with E-state index in [0.717, 1.165) is 51.6 Å². The van der Waals surface area contributed by atoms with Crippen molar-refractivity contribution < 1.29 is 18.3 Å². The monoisotopic (exact) mass is 488 g/mol. The minimum absolute atomic E-state index is 0.0465. The lowest BCUT2D eigenvalue weighted by Crippen LogP contribution is -2.42. The number of fused-ring (bicyclic) bond motifs is 3. The van der Waals surface area contributed by atoms with E-state index in [0.29, 0.717) is 21.8 Å². The Hall–Kier alpha value is -2.69. The SMILES string of the molecule is CC1(C(=O)O)CCCCC1.O=c1[nH]c2ccc(S(=O)(=O)NC3CCNCC3)cc2c2cc[nH]c12. The highest BCUT2D eigenvalue weighted by atomic mass is 32.2. The highest BCUT2D eigenvalue weighted by Crippen LogP contribution is 2.35. The summed E-state index contributed by atoms with van der Waals surface area (Å²) in [6.45, 7) is 3.49. The predicted molar refractivity (Wildman–Crippen MR) is 131 cm³/mol. The van der Waals surface area contributed by atoms with Crippen molar-refractivity contribution >= 4 is 37.8 Å². The molecule has 5 rings (SSSR count). The Kier molecular flexibility index (Phi) is 7.11. The van der Waals surface area contributed by atoms with Gasteiger partial charge in [0.2, 0.25) is 10.0 Å². The third kappa shape index (κ3) is 5.18. The number of pyridine rings is 1. The molecular weight excluding hydrogens is 456 g/mol. The Bertz CT molecular complexity index is 1330. The first-order valence-electron chi connectivity index (χ1n) is 11.8. The number of aromatic amines is 2. The van der Waals surface area contributed by atoms with Crippen molar-refractivity contribution in [2.75, 3.05) is 13.1 Å². The molecule has 3 aromatic rings. The molecule has 3 heterocycles. The van der Waals surface area contributed by atoms with E-state index in [4.69, 9.17) is 5.11 Å². The third-order valence-corrected chi connectivity index (χ3v) is 8.47. The van der Waals surface area contributed by atoms with E-state index in [9.17, 15) is 18.0 Å². The topological polar surface area (TPSA) is 144 Å². The van der Waals surface area contributed by atoms with Gasteiger partial charge >= 0.3 is 5.97 Å². The van der Waals surface area contributed by atoms with Crippen molar-refractivity contribution in [2.24, 2.45) is 5.41 Å². The summed E-state index contributed by atoms with van der Waals surface area (Å²) < 4.78 is 28.1. The predicted octanol–water partition coefficient (Wildman–Crippen LogP) is 3.08. The molecule has 0 atom stereocenters. The van der Waals surface area contributed by atoms with Crippen molar-refractivity contribution in [1.82, 2.24) is 20.0 Å². The second kappa shape index (κ2) is 9.89. The molecule has 184 valence electrons. The Balaban J connectivity index is 0.000000231. The molecule has 0 spiro atoms. The van der Waals surface area contributed by atoms with Crippen LogP contribution in [0.25, 0.3) is 21.8 Å². The van der Waals surface area contributed by atoms with Gasteiger partial charge in [0.15, 0.2) is 0 Å². The van der Waals surface area contributed by atoms with Crippen molar-refractivity contribution in [3.63, 3.8) is 0 Å². The van der Waals surface area contributed by atoms with Crippen molar-refractivity contribution in [1.29, 1.82) is 0 Å². The molecule has 1 aliphatic heterocycles. The number of carboxylic acid groups (broad SMARTS) is 1. The molecule has 34 heavy (non-hydrogen) atoms. The fourth-order valence-corrected chi connectivity index (χ4v) is 6.09. The molecule has 1 saturated carbocycles. The molecule has 0 amide bonds. The lowest BCUT2D eigenvalue weighted by molar-refractivity contribution is -0.149. The van der Waals surface area contributed by atoms with E-state index in [2.05, 4.69) is 20.0 Å². The molecule has 5 N–H and O–H groups in total. The fourth-order valence-electron chi connectivity index (χ4n) is 4.76. The second-order valence-corrected chi connectivity index (χ2v) is 11.2. The first kappa shape index (κ1) is 24.4. The molecule has 0 radical (unpaired) electrons. The van der Waals surface area contributed by atoms with E-state index < -0.39 is 21.4 Å².